The molecule has 9 heteroatoms. The van der Waals surface area contributed by atoms with Crippen LogP contribution in [0, 0.1) is 10.1 Å². The van der Waals surface area contributed by atoms with Gasteiger partial charge < -0.3 is 14.9 Å². The van der Waals surface area contributed by atoms with Gasteiger partial charge in [0, 0.05) is 12.1 Å². The van der Waals surface area contributed by atoms with E-state index in [2.05, 4.69) is 20.0 Å². The third-order valence-electron chi connectivity index (χ3n) is 2.92. The van der Waals surface area contributed by atoms with E-state index in [1.807, 2.05) is 0 Å². The van der Waals surface area contributed by atoms with Crippen molar-refractivity contribution in [2.24, 2.45) is 5.16 Å². The average molecular weight is 323 g/mol. The Morgan fingerprint density at radius 2 is 2.17 bits per heavy atom. The third kappa shape index (κ3) is 6.12. The summed E-state index contributed by atoms with van der Waals surface area (Å²) in [5.41, 5.74) is 0.640. The van der Waals surface area contributed by atoms with Crippen molar-refractivity contribution in [3.63, 3.8) is 0 Å². The SMILES string of the molecule is CO/N=C/C(=O)N[C@@H](CCc1cccc([N+](=O)[O-])c1)C(=O)OC. The zero-order valence-corrected chi connectivity index (χ0v) is 12.7. The summed E-state index contributed by atoms with van der Waals surface area (Å²) < 4.78 is 4.63. The van der Waals surface area contributed by atoms with Crippen LogP contribution < -0.4 is 5.32 Å². The summed E-state index contributed by atoms with van der Waals surface area (Å²) in [6, 6.07) is 5.17. The van der Waals surface area contributed by atoms with E-state index in [1.165, 1.54) is 26.4 Å². The Morgan fingerprint density at radius 3 is 2.78 bits per heavy atom. The first-order valence-corrected chi connectivity index (χ1v) is 6.66. The number of non-ortho nitro benzene ring substituents is 1. The molecule has 0 fully saturated rings. The van der Waals surface area contributed by atoms with Gasteiger partial charge in [-0.15, -0.1) is 0 Å². The molecule has 9 nitrogen and oxygen atoms in total. The second-order valence-electron chi connectivity index (χ2n) is 4.47. The summed E-state index contributed by atoms with van der Waals surface area (Å²) >= 11 is 0. The second kappa shape index (κ2) is 9.13. The number of nitrogens with zero attached hydrogens (tertiary/aromatic N) is 2. The van der Waals surface area contributed by atoms with Crippen molar-refractivity contribution in [1.29, 1.82) is 0 Å². The molecule has 0 aromatic heterocycles. The predicted molar refractivity (Wildman–Crippen MR) is 80.9 cm³/mol. The Balaban J connectivity index is 2.72. The Kier molecular flexibility index (Phi) is 7.18. The van der Waals surface area contributed by atoms with Crippen molar-refractivity contribution >= 4 is 23.8 Å². The lowest BCUT2D eigenvalue weighted by atomic mass is 10.0. The highest BCUT2D eigenvalue weighted by Gasteiger charge is 2.21. The molecule has 0 aliphatic carbocycles. The van der Waals surface area contributed by atoms with Gasteiger partial charge in [-0.05, 0) is 18.4 Å². The van der Waals surface area contributed by atoms with Gasteiger partial charge in [0.05, 0.1) is 12.0 Å². The van der Waals surface area contributed by atoms with Crippen LogP contribution in [0.25, 0.3) is 0 Å². The van der Waals surface area contributed by atoms with Gasteiger partial charge in [-0.3, -0.25) is 14.9 Å². The van der Waals surface area contributed by atoms with E-state index < -0.39 is 22.8 Å². The zero-order valence-electron chi connectivity index (χ0n) is 12.7. The summed E-state index contributed by atoms with van der Waals surface area (Å²) in [5, 5.41) is 16.5. The molecular weight excluding hydrogens is 306 g/mol. The molecule has 1 amide bonds. The Morgan fingerprint density at radius 1 is 1.43 bits per heavy atom. The number of oxime groups is 1. The summed E-state index contributed by atoms with van der Waals surface area (Å²) in [7, 11) is 2.49. The number of rotatable bonds is 8. The van der Waals surface area contributed by atoms with E-state index in [0.29, 0.717) is 12.0 Å². The van der Waals surface area contributed by atoms with E-state index in [1.54, 1.807) is 12.1 Å². The first-order valence-electron chi connectivity index (χ1n) is 6.66. The number of amides is 1. The van der Waals surface area contributed by atoms with Gasteiger partial charge in [0.2, 0.25) is 0 Å². The summed E-state index contributed by atoms with van der Waals surface area (Å²) in [6.45, 7) is 0. The summed E-state index contributed by atoms with van der Waals surface area (Å²) in [6.07, 6.45) is 1.47. The fraction of sp³-hybridized carbons (Fsp3) is 0.357. The molecule has 1 atom stereocenters. The molecule has 0 spiro atoms. The summed E-state index contributed by atoms with van der Waals surface area (Å²) in [5.74, 6) is -1.23. The molecule has 1 aromatic rings. The highest BCUT2D eigenvalue weighted by atomic mass is 16.6. The number of hydrogen-bond acceptors (Lipinski definition) is 7. The van der Waals surface area contributed by atoms with Crippen LogP contribution >= 0.6 is 0 Å². The van der Waals surface area contributed by atoms with E-state index in [9.17, 15) is 19.7 Å². The van der Waals surface area contributed by atoms with Crippen molar-refractivity contribution in [2.45, 2.75) is 18.9 Å². The van der Waals surface area contributed by atoms with Gasteiger partial charge in [-0.2, -0.15) is 0 Å². The maximum atomic E-state index is 11.7. The van der Waals surface area contributed by atoms with Crippen LogP contribution in [0.2, 0.25) is 0 Å². The molecule has 1 aromatic carbocycles. The lowest BCUT2D eigenvalue weighted by molar-refractivity contribution is -0.384. The number of ether oxygens (including phenoxy) is 1. The Hall–Kier alpha value is -2.97. The highest BCUT2D eigenvalue weighted by molar-refractivity contribution is 6.26. The minimum atomic E-state index is -0.893. The van der Waals surface area contributed by atoms with Crippen molar-refractivity contribution < 1.29 is 24.1 Å². The van der Waals surface area contributed by atoms with Crippen molar-refractivity contribution in [3.8, 4) is 0 Å². The predicted octanol–water partition coefficient (Wildman–Crippen LogP) is 0.817. The molecule has 1 rings (SSSR count). The largest absolute Gasteiger partial charge is 0.467 e. The van der Waals surface area contributed by atoms with Crippen LogP contribution in [0.1, 0.15) is 12.0 Å². The van der Waals surface area contributed by atoms with E-state index in [0.717, 1.165) is 6.21 Å². The number of methoxy groups -OCH3 is 1. The highest BCUT2D eigenvalue weighted by Crippen LogP contribution is 2.15. The number of benzene rings is 1. The smallest absolute Gasteiger partial charge is 0.328 e. The molecule has 23 heavy (non-hydrogen) atoms. The maximum absolute atomic E-state index is 11.7. The van der Waals surface area contributed by atoms with Crippen LogP contribution in [0.15, 0.2) is 29.4 Å². The topological polar surface area (TPSA) is 120 Å². The molecule has 0 saturated carbocycles. The zero-order chi connectivity index (χ0) is 17.2. The fourth-order valence-electron chi connectivity index (χ4n) is 1.84. The standard InChI is InChI=1S/C14H17N3O6/c1-22-14(19)12(16-13(18)9-15-23-2)7-6-10-4-3-5-11(8-10)17(20)21/h3-5,8-9,12H,6-7H2,1-2H3,(H,16,18)/b15-9+/t12-/m0/s1. The molecule has 0 aliphatic rings. The minimum absolute atomic E-state index is 0.0339. The molecule has 124 valence electrons. The van der Waals surface area contributed by atoms with Crippen LogP contribution in [-0.4, -0.2) is 43.3 Å². The van der Waals surface area contributed by atoms with Gasteiger partial charge >= 0.3 is 5.97 Å². The number of esters is 1. The Labute approximate surface area is 132 Å². The second-order valence-corrected chi connectivity index (χ2v) is 4.47. The number of carbonyl (C=O) groups excluding carboxylic acids is 2. The molecule has 0 radical (unpaired) electrons. The van der Waals surface area contributed by atoms with Crippen LogP contribution in [-0.2, 0) is 25.6 Å². The normalized spacial score (nSPS) is 11.7. The molecule has 0 bridgehead atoms. The van der Waals surface area contributed by atoms with Crippen LogP contribution in [0.3, 0.4) is 0 Å². The first-order chi connectivity index (χ1) is 11.0. The maximum Gasteiger partial charge on any atom is 0.328 e. The lowest BCUT2D eigenvalue weighted by Gasteiger charge is -2.15. The van der Waals surface area contributed by atoms with Crippen molar-refractivity contribution in [1.82, 2.24) is 5.32 Å². The monoisotopic (exact) mass is 323 g/mol. The van der Waals surface area contributed by atoms with Crippen molar-refractivity contribution in [2.75, 3.05) is 14.2 Å². The fourth-order valence-corrected chi connectivity index (χ4v) is 1.84. The van der Waals surface area contributed by atoms with E-state index in [4.69, 9.17) is 0 Å². The summed E-state index contributed by atoms with van der Waals surface area (Å²) in [4.78, 5) is 37.9. The number of aryl methyl sites for hydroxylation is 1. The molecule has 0 heterocycles. The van der Waals surface area contributed by atoms with E-state index in [-0.39, 0.29) is 12.1 Å². The number of hydrogen-bond donors (Lipinski definition) is 1. The molecule has 0 saturated heterocycles. The van der Waals surface area contributed by atoms with Crippen LogP contribution in [0.5, 0.6) is 0 Å². The Bertz CT molecular complexity index is 602. The average Bonchev–Trinajstić information content (AvgIpc) is 2.56. The first kappa shape index (κ1) is 18.1. The van der Waals surface area contributed by atoms with Gasteiger partial charge in [0.25, 0.3) is 11.6 Å². The van der Waals surface area contributed by atoms with Crippen molar-refractivity contribution in [3.05, 3.63) is 39.9 Å². The van der Waals surface area contributed by atoms with Gasteiger partial charge in [0.1, 0.15) is 19.4 Å². The number of nitrogens with one attached hydrogen (secondary N) is 1. The van der Waals surface area contributed by atoms with E-state index >= 15 is 0 Å². The number of carbonyl (C=O) groups is 2. The molecule has 1 N–H and O–H groups in total. The minimum Gasteiger partial charge on any atom is -0.467 e. The third-order valence-corrected chi connectivity index (χ3v) is 2.92. The number of nitro groups is 1. The van der Waals surface area contributed by atoms with Gasteiger partial charge in [-0.1, -0.05) is 17.3 Å². The molecule has 0 aliphatic heterocycles. The lowest BCUT2D eigenvalue weighted by Crippen LogP contribution is -2.42. The van der Waals surface area contributed by atoms with Crippen LogP contribution in [0.4, 0.5) is 5.69 Å². The molecule has 0 unspecified atom stereocenters. The quantitative estimate of drug-likeness (QED) is 0.327. The number of nitro benzene ring substituents is 1. The van der Waals surface area contributed by atoms with Gasteiger partial charge in [-0.25, -0.2) is 4.79 Å². The van der Waals surface area contributed by atoms with Gasteiger partial charge in [0.15, 0.2) is 0 Å². The molecular formula is C14H17N3O6.